The Morgan fingerprint density at radius 1 is 1.45 bits per heavy atom. The van der Waals surface area contributed by atoms with E-state index in [0.29, 0.717) is 17.5 Å². The molecule has 0 atom stereocenters. The Kier molecular flexibility index (Phi) is 3.42. The highest BCUT2D eigenvalue weighted by molar-refractivity contribution is 6.34. The van der Waals surface area contributed by atoms with Gasteiger partial charge in [-0.2, -0.15) is 0 Å². The summed E-state index contributed by atoms with van der Waals surface area (Å²) in [6.07, 6.45) is 3.60. The Morgan fingerprint density at radius 2 is 2.20 bits per heavy atom. The Hall–Kier alpha value is -1.55. The van der Waals surface area contributed by atoms with Crippen molar-refractivity contribution < 1.29 is 9.53 Å². The number of fused-ring (bicyclic) bond motifs is 1. The molecule has 0 radical (unpaired) electrons. The topological polar surface area (TPSA) is 55.0 Å². The minimum absolute atomic E-state index is 0.173. The van der Waals surface area contributed by atoms with Crippen LogP contribution in [-0.4, -0.2) is 22.5 Å². The molecule has 1 N–H and O–H groups in total. The van der Waals surface area contributed by atoms with Gasteiger partial charge < -0.3 is 9.72 Å². The molecule has 1 aliphatic carbocycles. The minimum Gasteiger partial charge on any atom is -0.465 e. The van der Waals surface area contributed by atoms with Gasteiger partial charge in [-0.25, -0.2) is 4.98 Å². The third-order valence-corrected chi connectivity index (χ3v) is 4.35. The second kappa shape index (κ2) is 5.09. The van der Waals surface area contributed by atoms with Crippen molar-refractivity contribution in [1.82, 2.24) is 9.97 Å². The average molecular weight is 293 g/mol. The van der Waals surface area contributed by atoms with E-state index < -0.39 is 5.41 Å². The maximum atomic E-state index is 12.4. The highest BCUT2D eigenvalue weighted by Gasteiger charge is 2.46. The first-order valence-corrected chi connectivity index (χ1v) is 7.37. The summed E-state index contributed by atoms with van der Waals surface area (Å²) in [7, 11) is 0. The highest BCUT2D eigenvalue weighted by Crippen LogP contribution is 2.41. The van der Waals surface area contributed by atoms with E-state index >= 15 is 0 Å². The van der Waals surface area contributed by atoms with Crippen LogP contribution in [0.3, 0.4) is 0 Å². The summed E-state index contributed by atoms with van der Waals surface area (Å²) in [5.41, 5.74) is 0.959. The van der Waals surface area contributed by atoms with Crippen molar-refractivity contribution in [3.63, 3.8) is 0 Å². The largest absolute Gasteiger partial charge is 0.465 e. The van der Waals surface area contributed by atoms with E-state index in [-0.39, 0.29) is 5.97 Å². The fourth-order valence-corrected chi connectivity index (χ4v) is 3.23. The van der Waals surface area contributed by atoms with Crippen LogP contribution in [0.4, 0.5) is 0 Å². The molecule has 3 rings (SSSR count). The zero-order chi connectivity index (χ0) is 14.2. The standard InChI is InChI=1S/C15H17ClN2O2/c1-2-20-14(19)15(8-3-4-9-15)13-17-11-7-5-6-10(16)12(11)18-13/h5-7H,2-4,8-9H2,1H3,(H,17,18). The van der Waals surface area contributed by atoms with Crippen LogP contribution in [0.1, 0.15) is 38.4 Å². The summed E-state index contributed by atoms with van der Waals surface area (Å²) in [5, 5.41) is 0.599. The molecule has 1 saturated carbocycles. The number of aromatic amines is 1. The molecule has 20 heavy (non-hydrogen) atoms. The maximum absolute atomic E-state index is 12.4. The van der Waals surface area contributed by atoms with Gasteiger partial charge in [0.2, 0.25) is 0 Å². The molecule has 4 nitrogen and oxygen atoms in total. The van der Waals surface area contributed by atoms with Crippen LogP contribution < -0.4 is 0 Å². The van der Waals surface area contributed by atoms with Crippen LogP contribution in [0.5, 0.6) is 0 Å². The van der Waals surface area contributed by atoms with E-state index in [4.69, 9.17) is 16.3 Å². The van der Waals surface area contributed by atoms with E-state index in [9.17, 15) is 4.79 Å². The molecule has 0 aliphatic heterocycles. The van der Waals surface area contributed by atoms with Crippen molar-refractivity contribution in [2.24, 2.45) is 0 Å². The zero-order valence-corrected chi connectivity index (χ0v) is 12.2. The van der Waals surface area contributed by atoms with Crippen molar-refractivity contribution in [3.05, 3.63) is 29.0 Å². The first-order chi connectivity index (χ1) is 9.67. The molecule has 106 valence electrons. The SMILES string of the molecule is CCOC(=O)C1(c2nc3c(Cl)cccc3[nH]2)CCCC1. The van der Waals surface area contributed by atoms with E-state index in [2.05, 4.69) is 9.97 Å². The van der Waals surface area contributed by atoms with Crippen molar-refractivity contribution in [2.45, 2.75) is 38.0 Å². The highest BCUT2D eigenvalue weighted by atomic mass is 35.5. The molecule has 1 aliphatic rings. The minimum atomic E-state index is -0.627. The lowest BCUT2D eigenvalue weighted by molar-refractivity contribution is -0.150. The molecule has 0 saturated heterocycles. The average Bonchev–Trinajstić information content (AvgIpc) is 3.07. The summed E-state index contributed by atoms with van der Waals surface area (Å²) in [5.74, 6) is 0.518. The predicted octanol–water partition coefficient (Wildman–Crippen LogP) is 3.59. The normalized spacial score (nSPS) is 17.5. The lowest BCUT2D eigenvalue weighted by Gasteiger charge is -2.23. The van der Waals surface area contributed by atoms with Gasteiger partial charge in [0.15, 0.2) is 0 Å². The second-order valence-corrected chi connectivity index (χ2v) is 5.64. The second-order valence-electron chi connectivity index (χ2n) is 5.23. The van der Waals surface area contributed by atoms with E-state index in [1.807, 2.05) is 19.1 Å². The number of para-hydroxylation sites is 1. The molecule has 0 amide bonds. The Bertz CT molecular complexity index is 644. The Morgan fingerprint density at radius 3 is 2.85 bits per heavy atom. The van der Waals surface area contributed by atoms with E-state index in [1.54, 1.807) is 6.07 Å². The number of esters is 1. The number of imidazole rings is 1. The molecule has 0 unspecified atom stereocenters. The van der Waals surface area contributed by atoms with Gasteiger partial charge in [0.05, 0.1) is 17.1 Å². The molecule has 1 fully saturated rings. The molecule has 2 aromatic rings. The van der Waals surface area contributed by atoms with Gasteiger partial charge >= 0.3 is 5.97 Å². The smallest absolute Gasteiger partial charge is 0.319 e. The number of hydrogen-bond donors (Lipinski definition) is 1. The monoisotopic (exact) mass is 292 g/mol. The summed E-state index contributed by atoms with van der Waals surface area (Å²) in [6, 6.07) is 5.60. The number of hydrogen-bond acceptors (Lipinski definition) is 3. The molecule has 1 aromatic heterocycles. The lowest BCUT2D eigenvalue weighted by atomic mass is 9.85. The van der Waals surface area contributed by atoms with Crippen LogP contribution >= 0.6 is 11.6 Å². The van der Waals surface area contributed by atoms with Crippen LogP contribution in [0, 0.1) is 0 Å². The summed E-state index contributed by atoms with van der Waals surface area (Å²) in [4.78, 5) is 20.3. The molecular formula is C15H17ClN2O2. The summed E-state index contributed by atoms with van der Waals surface area (Å²) >= 11 is 6.16. The number of rotatable bonds is 3. The van der Waals surface area contributed by atoms with Gasteiger partial charge in [-0.3, -0.25) is 4.79 Å². The third-order valence-electron chi connectivity index (χ3n) is 4.04. The van der Waals surface area contributed by atoms with Gasteiger partial charge in [0.1, 0.15) is 16.8 Å². The first-order valence-electron chi connectivity index (χ1n) is 6.99. The maximum Gasteiger partial charge on any atom is 0.319 e. The van der Waals surface area contributed by atoms with Gasteiger partial charge in [-0.05, 0) is 31.9 Å². The number of carbonyl (C=O) groups excluding carboxylic acids is 1. The van der Waals surface area contributed by atoms with Crippen molar-refractivity contribution in [3.8, 4) is 0 Å². The fourth-order valence-electron chi connectivity index (χ4n) is 3.01. The van der Waals surface area contributed by atoms with Gasteiger partial charge in [-0.15, -0.1) is 0 Å². The number of ether oxygens (including phenoxy) is 1. The van der Waals surface area contributed by atoms with Crippen molar-refractivity contribution in [2.75, 3.05) is 6.61 Å². The summed E-state index contributed by atoms with van der Waals surface area (Å²) in [6.45, 7) is 2.22. The van der Waals surface area contributed by atoms with E-state index in [0.717, 1.165) is 36.7 Å². The first kappa shape index (κ1) is 13.4. The Balaban J connectivity index is 2.10. The van der Waals surface area contributed by atoms with Crippen LogP contribution in [0.15, 0.2) is 18.2 Å². The number of benzene rings is 1. The van der Waals surface area contributed by atoms with Crippen LogP contribution in [0.25, 0.3) is 11.0 Å². The lowest BCUT2D eigenvalue weighted by Crippen LogP contribution is -2.35. The number of nitrogens with zero attached hydrogens (tertiary/aromatic N) is 1. The van der Waals surface area contributed by atoms with Gasteiger partial charge in [-0.1, -0.05) is 30.5 Å². The number of aromatic nitrogens is 2. The van der Waals surface area contributed by atoms with Gasteiger partial charge in [0.25, 0.3) is 0 Å². The van der Waals surface area contributed by atoms with Crippen LogP contribution in [-0.2, 0) is 14.9 Å². The van der Waals surface area contributed by atoms with Crippen molar-refractivity contribution in [1.29, 1.82) is 0 Å². The van der Waals surface area contributed by atoms with Gasteiger partial charge in [0, 0.05) is 0 Å². The number of halogens is 1. The predicted molar refractivity (Wildman–Crippen MR) is 77.9 cm³/mol. The molecule has 0 bridgehead atoms. The Labute approximate surface area is 122 Å². The molecule has 0 spiro atoms. The zero-order valence-electron chi connectivity index (χ0n) is 11.4. The molecule has 1 aromatic carbocycles. The molecular weight excluding hydrogens is 276 g/mol. The van der Waals surface area contributed by atoms with E-state index in [1.165, 1.54) is 0 Å². The third kappa shape index (κ3) is 1.99. The quantitative estimate of drug-likeness (QED) is 0.880. The summed E-state index contributed by atoms with van der Waals surface area (Å²) < 4.78 is 5.28. The molecule has 5 heteroatoms. The van der Waals surface area contributed by atoms with Crippen molar-refractivity contribution >= 4 is 28.6 Å². The fraction of sp³-hybridized carbons (Fsp3) is 0.467. The number of nitrogens with one attached hydrogen (secondary N) is 1. The number of H-pyrrole nitrogens is 1. The molecule has 1 heterocycles. The van der Waals surface area contributed by atoms with Crippen LogP contribution in [0.2, 0.25) is 5.02 Å². The number of carbonyl (C=O) groups is 1.